The van der Waals surface area contributed by atoms with Gasteiger partial charge in [0, 0.05) is 26.5 Å². The zero-order valence-corrected chi connectivity index (χ0v) is 21.9. The van der Waals surface area contributed by atoms with Crippen LogP contribution in [0, 0.1) is 0 Å². The number of rotatable bonds is 2. The zero-order chi connectivity index (χ0) is 24.5. The van der Waals surface area contributed by atoms with E-state index in [4.69, 9.17) is 0 Å². The normalized spacial score (nSPS) is 11.9. The van der Waals surface area contributed by atoms with E-state index in [0.29, 0.717) is 0 Å². The summed E-state index contributed by atoms with van der Waals surface area (Å²) in [5, 5.41) is 7.50. The van der Waals surface area contributed by atoms with Gasteiger partial charge in [0.2, 0.25) is 0 Å². The van der Waals surface area contributed by atoms with Gasteiger partial charge in [0.25, 0.3) is 0 Å². The first-order chi connectivity index (χ1) is 18.3. The molecule has 0 atom stereocenters. The first-order valence-electron chi connectivity index (χ1n) is 12.1. The van der Waals surface area contributed by atoms with Crippen LogP contribution in [0.4, 0.5) is 0 Å². The molecule has 0 radical (unpaired) electrons. The number of halogens is 1. The van der Waals surface area contributed by atoms with Crippen LogP contribution in [0.5, 0.6) is 0 Å². The number of para-hydroxylation sites is 1. The summed E-state index contributed by atoms with van der Waals surface area (Å²) in [4.78, 5) is 0. The molecule has 37 heavy (non-hydrogen) atoms. The maximum absolute atomic E-state index is 4.66. The minimum absolute atomic E-state index is 0.907. The molecule has 8 aromatic rings. The molecule has 3 nitrogen and oxygen atoms in total. The molecular weight excluding hydrogens is 538 g/mol. The number of benzene rings is 6. The molecule has 8 rings (SSSR count). The number of hydrogen-bond donors (Lipinski definition) is 0. The molecule has 0 spiro atoms. The van der Waals surface area contributed by atoms with E-state index >= 15 is 0 Å². The van der Waals surface area contributed by atoms with E-state index in [2.05, 4.69) is 138 Å². The minimum atomic E-state index is 0.907. The summed E-state index contributed by atoms with van der Waals surface area (Å²) in [5.41, 5.74) is 7.63. The van der Waals surface area contributed by atoms with Gasteiger partial charge in [0.1, 0.15) is 11.0 Å². The van der Waals surface area contributed by atoms with E-state index in [9.17, 15) is 0 Å². The van der Waals surface area contributed by atoms with E-state index in [1.807, 2.05) is 0 Å². The van der Waals surface area contributed by atoms with Gasteiger partial charge in [-0.05, 0) is 73.4 Å². The van der Waals surface area contributed by atoms with Crippen molar-refractivity contribution in [3.63, 3.8) is 0 Å². The number of nitrogens with zero attached hydrogens (tertiary/aromatic N) is 3. The number of aromatic nitrogens is 3. The molecule has 0 aliphatic carbocycles. The molecule has 0 saturated carbocycles. The Morgan fingerprint density at radius 1 is 0.568 bits per heavy atom. The Morgan fingerprint density at radius 3 is 2.22 bits per heavy atom. The monoisotopic (exact) mass is 555 g/mol. The van der Waals surface area contributed by atoms with Crippen LogP contribution >= 0.6 is 27.7 Å². The zero-order valence-electron chi connectivity index (χ0n) is 19.5. The van der Waals surface area contributed by atoms with Crippen molar-refractivity contribution < 1.29 is 0 Å². The summed E-state index contributed by atoms with van der Waals surface area (Å²) in [5.74, 6) is 0. The maximum Gasteiger partial charge on any atom is 0.119 e. The van der Waals surface area contributed by atoms with Crippen LogP contribution in [-0.2, 0) is 0 Å². The van der Waals surface area contributed by atoms with Crippen LogP contribution in [0.25, 0.3) is 71.2 Å². The molecule has 0 saturated heterocycles. The lowest BCUT2D eigenvalue weighted by Crippen LogP contribution is -1.94. The lowest BCUT2D eigenvalue weighted by molar-refractivity contribution is 1.19. The van der Waals surface area contributed by atoms with Gasteiger partial charge in [0.15, 0.2) is 0 Å². The van der Waals surface area contributed by atoms with Crippen LogP contribution in [0.1, 0.15) is 0 Å². The van der Waals surface area contributed by atoms with Gasteiger partial charge in [-0.3, -0.25) is 0 Å². The molecule has 0 fully saturated rings. The molecule has 0 aliphatic heterocycles. The molecule has 0 amide bonds. The van der Waals surface area contributed by atoms with Crippen molar-refractivity contribution in [2.24, 2.45) is 0 Å². The van der Waals surface area contributed by atoms with Crippen molar-refractivity contribution in [3.05, 3.63) is 114 Å². The summed E-state index contributed by atoms with van der Waals surface area (Å²) in [6.45, 7) is 0. The van der Waals surface area contributed by atoms with Crippen LogP contribution < -0.4 is 0 Å². The van der Waals surface area contributed by atoms with E-state index in [1.54, 1.807) is 0 Å². The fourth-order valence-electron chi connectivity index (χ4n) is 5.70. The second-order valence-electron chi connectivity index (χ2n) is 9.30. The molecule has 0 bridgehead atoms. The first-order valence-corrected chi connectivity index (χ1v) is 13.7. The Bertz CT molecular complexity index is 2170. The molecule has 5 heteroatoms. The second kappa shape index (κ2) is 7.97. The summed E-state index contributed by atoms with van der Waals surface area (Å²) < 4.78 is 12.6. The van der Waals surface area contributed by atoms with E-state index in [-0.39, 0.29) is 0 Å². The Hall–Kier alpha value is -4.06. The van der Waals surface area contributed by atoms with Crippen LogP contribution in [0.2, 0.25) is 0 Å². The average Bonchev–Trinajstić information content (AvgIpc) is 3.57. The van der Waals surface area contributed by atoms with Gasteiger partial charge in [-0.25, -0.2) is 0 Å². The highest BCUT2D eigenvalue weighted by Gasteiger charge is 2.19. The van der Waals surface area contributed by atoms with Crippen molar-refractivity contribution in [3.8, 4) is 16.8 Å². The summed E-state index contributed by atoms with van der Waals surface area (Å²) in [7, 11) is 0. The predicted octanol–water partition coefficient (Wildman–Crippen LogP) is 9.52. The average molecular weight is 556 g/mol. The Kier molecular flexibility index (Phi) is 4.54. The lowest BCUT2D eigenvalue weighted by atomic mass is 9.98. The summed E-state index contributed by atoms with van der Waals surface area (Å²) in [6, 6.07) is 39.3. The molecule has 2 heterocycles. The number of fused-ring (bicyclic) bond motifs is 7. The highest BCUT2D eigenvalue weighted by Crippen LogP contribution is 2.41. The minimum Gasteiger partial charge on any atom is -0.309 e. The molecule has 0 aliphatic rings. The van der Waals surface area contributed by atoms with Crippen molar-refractivity contribution in [2.45, 2.75) is 0 Å². The van der Waals surface area contributed by atoms with Gasteiger partial charge >= 0.3 is 0 Å². The smallest absolute Gasteiger partial charge is 0.119 e. The molecule has 0 N–H and O–H groups in total. The van der Waals surface area contributed by atoms with E-state index in [0.717, 1.165) is 26.8 Å². The van der Waals surface area contributed by atoms with Crippen molar-refractivity contribution in [1.29, 1.82) is 0 Å². The molecule has 0 unspecified atom stereocenters. The first kappa shape index (κ1) is 21.1. The SMILES string of the molecule is Brc1ccc(-c2cccc3c2c2ccccc2n3-c2ccc3ccc4ccccc4c3c2)c2nsnc12. The molecule has 6 aromatic carbocycles. The quantitative estimate of drug-likeness (QED) is 0.199. The molecular formula is C32H18BrN3S. The lowest BCUT2D eigenvalue weighted by Gasteiger charge is -2.11. The standard InChI is InChI=1S/C32H18BrN3S/c33-27-17-16-24(31-32(27)35-37-34-31)23-9-5-11-29-30(23)25-8-3-4-10-28(25)36(29)21-15-14-20-13-12-19-6-1-2-7-22(19)26(20)18-21/h1-18H. The highest BCUT2D eigenvalue weighted by atomic mass is 79.9. The largest absolute Gasteiger partial charge is 0.309 e. The van der Waals surface area contributed by atoms with Crippen molar-refractivity contribution in [1.82, 2.24) is 13.3 Å². The third-order valence-electron chi connectivity index (χ3n) is 7.34. The van der Waals surface area contributed by atoms with E-state index in [1.165, 1.54) is 60.6 Å². The third kappa shape index (κ3) is 3.05. The van der Waals surface area contributed by atoms with Gasteiger partial charge < -0.3 is 4.57 Å². The van der Waals surface area contributed by atoms with Gasteiger partial charge in [-0.1, -0.05) is 78.9 Å². The van der Waals surface area contributed by atoms with Crippen LogP contribution in [0.3, 0.4) is 0 Å². The van der Waals surface area contributed by atoms with Crippen molar-refractivity contribution >= 4 is 82.0 Å². The summed E-state index contributed by atoms with van der Waals surface area (Å²) >= 11 is 4.90. The van der Waals surface area contributed by atoms with Gasteiger partial charge in [-0.2, -0.15) is 8.75 Å². The molecule has 2 aromatic heterocycles. The topological polar surface area (TPSA) is 30.7 Å². The fourth-order valence-corrected chi connectivity index (χ4v) is 6.80. The van der Waals surface area contributed by atoms with Crippen molar-refractivity contribution in [2.75, 3.05) is 0 Å². The van der Waals surface area contributed by atoms with Gasteiger partial charge in [-0.15, -0.1) is 0 Å². The Labute approximate surface area is 225 Å². The third-order valence-corrected chi connectivity index (χ3v) is 8.51. The summed E-state index contributed by atoms with van der Waals surface area (Å²) in [6.07, 6.45) is 0. The predicted molar refractivity (Wildman–Crippen MR) is 160 cm³/mol. The Balaban J connectivity index is 1.48. The fraction of sp³-hybridized carbons (Fsp3) is 0. The molecule has 174 valence electrons. The van der Waals surface area contributed by atoms with Gasteiger partial charge in [0.05, 0.1) is 22.8 Å². The maximum atomic E-state index is 4.66. The van der Waals surface area contributed by atoms with Crippen LogP contribution in [-0.4, -0.2) is 13.3 Å². The highest BCUT2D eigenvalue weighted by molar-refractivity contribution is 9.10. The number of hydrogen-bond acceptors (Lipinski definition) is 3. The Morgan fingerprint density at radius 2 is 1.30 bits per heavy atom. The second-order valence-corrected chi connectivity index (χ2v) is 10.7. The van der Waals surface area contributed by atoms with E-state index < -0.39 is 0 Å². The van der Waals surface area contributed by atoms with Crippen LogP contribution in [0.15, 0.2) is 114 Å².